The number of hydrogen-bond acceptors (Lipinski definition) is 5. The van der Waals surface area contributed by atoms with Gasteiger partial charge in [-0.05, 0) is 56.2 Å². The maximum absolute atomic E-state index is 13.1. The molecule has 2 aliphatic carbocycles. The summed E-state index contributed by atoms with van der Waals surface area (Å²) in [6.07, 6.45) is 11.7. The fourth-order valence-corrected chi connectivity index (χ4v) is 6.23. The zero-order valence-corrected chi connectivity index (χ0v) is 20.3. The third kappa shape index (κ3) is 5.35. The van der Waals surface area contributed by atoms with E-state index in [1.54, 1.807) is 0 Å². The number of amides is 2. The number of carbonyl (C=O) groups excluding carboxylic acids is 2. The van der Waals surface area contributed by atoms with Crippen LogP contribution in [0.2, 0.25) is 0 Å². The number of hydrogen-bond donors (Lipinski definition) is 2. The first-order valence-electron chi connectivity index (χ1n) is 13.4. The molecule has 2 heterocycles. The first kappa shape index (κ1) is 23.5. The topological polar surface area (TPSA) is 79.9 Å². The SMILES string of the molecule is O=C(CN1CCC(NC(=O)C2CCCCC2)CC1)NC1(c2ccc3c(c2)OCCO3)CCCC1. The first-order chi connectivity index (χ1) is 16.6. The average molecular weight is 470 g/mol. The van der Waals surface area contributed by atoms with Crippen molar-refractivity contribution in [3.8, 4) is 11.5 Å². The predicted molar refractivity (Wildman–Crippen MR) is 130 cm³/mol. The second-order valence-electron chi connectivity index (χ2n) is 10.6. The number of nitrogens with zero attached hydrogens (tertiary/aromatic N) is 1. The zero-order valence-electron chi connectivity index (χ0n) is 20.3. The normalized spacial score (nSPS) is 23.4. The van der Waals surface area contributed by atoms with Crippen molar-refractivity contribution in [2.45, 2.75) is 82.2 Å². The summed E-state index contributed by atoms with van der Waals surface area (Å²) >= 11 is 0. The largest absolute Gasteiger partial charge is 0.486 e. The van der Waals surface area contributed by atoms with Crippen molar-refractivity contribution >= 4 is 11.8 Å². The summed E-state index contributed by atoms with van der Waals surface area (Å²) in [5.41, 5.74) is 0.797. The molecule has 0 bridgehead atoms. The van der Waals surface area contributed by atoms with Gasteiger partial charge in [-0.25, -0.2) is 0 Å². The molecular weight excluding hydrogens is 430 g/mol. The Morgan fingerprint density at radius 2 is 1.62 bits per heavy atom. The Balaban J connectivity index is 1.13. The van der Waals surface area contributed by atoms with Gasteiger partial charge in [0.15, 0.2) is 11.5 Å². The predicted octanol–water partition coefficient (Wildman–Crippen LogP) is 3.50. The number of carbonyl (C=O) groups is 2. The summed E-state index contributed by atoms with van der Waals surface area (Å²) in [7, 11) is 0. The Hall–Kier alpha value is -2.28. The molecular formula is C27H39N3O4. The van der Waals surface area contributed by atoms with Gasteiger partial charge in [0.05, 0.1) is 12.1 Å². The average Bonchev–Trinajstić information content (AvgIpc) is 3.35. The Labute approximate surface area is 202 Å². The van der Waals surface area contributed by atoms with Crippen LogP contribution in [0.15, 0.2) is 18.2 Å². The van der Waals surface area contributed by atoms with Crippen LogP contribution in [0, 0.1) is 5.92 Å². The molecule has 2 aliphatic heterocycles. The second kappa shape index (κ2) is 10.5. The van der Waals surface area contributed by atoms with E-state index in [1.165, 1.54) is 19.3 Å². The van der Waals surface area contributed by atoms with Gasteiger partial charge < -0.3 is 20.1 Å². The molecule has 0 atom stereocenters. The minimum atomic E-state index is -0.320. The van der Waals surface area contributed by atoms with Crippen LogP contribution in [0.5, 0.6) is 11.5 Å². The molecule has 0 unspecified atom stereocenters. The number of benzene rings is 1. The molecule has 3 fully saturated rings. The second-order valence-corrected chi connectivity index (χ2v) is 10.6. The Kier molecular flexibility index (Phi) is 7.28. The van der Waals surface area contributed by atoms with Crippen LogP contribution < -0.4 is 20.1 Å². The van der Waals surface area contributed by atoms with Crippen LogP contribution in [-0.4, -0.2) is 55.6 Å². The highest BCUT2D eigenvalue weighted by atomic mass is 16.6. The van der Waals surface area contributed by atoms with Crippen LogP contribution >= 0.6 is 0 Å². The molecule has 2 amide bonds. The van der Waals surface area contributed by atoms with Gasteiger partial charge in [-0.2, -0.15) is 0 Å². The van der Waals surface area contributed by atoms with Crippen molar-refractivity contribution in [3.63, 3.8) is 0 Å². The van der Waals surface area contributed by atoms with Crippen LogP contribution in [0.4, 0.5) is 0 Å². The van der Waals surface area contributed by atoms with Crippen LogP contribution in [0.1, 0.15) is 76.2 Å². The molecule has 7 nitrogen and oxygen atoms in total. The molecule has 1 saturated heterocycles. The third-order valence-corrected chi connectivity index (χ3v) is 8.21. The van der Waals surface area contributed by atoms with Gasteiger partial charge in [0.2, 0.25) is 11.8 Å². The highest BCUT2D eigenvalue weighted by Crippen LogP contribution is 2.42. The molecule has 2 saturated carbocycles. The minimum Gasteiger partial charge on any atom is -0.486 e. The first-order valence-corrected chi connectivity index (χ1v) is 13.4. The number of nitrogens with one attached hydrogen (secondary N) is 2. The smallest absolute Gasteiger partial charge is 0.234 e. The van der Waals surface area contributed by atoms with Crippen LogP contribution in [0.3, 0.4) is 0 Å². The summed E-state index contributed by atoms with van der Waals surface area (Å²) in [5.74, 6) is 2.11. The van der Waals surface area contributed by atoms with Crippen molar-refractivity contribution < 1.29 is 19.1 Å². The zero-order chi connectivity index (χ0) is 23.4. The lowest BCUT2D eigenvalue weighted by atomic mass is 9.87. The lowest BCUT2D eigenvalue weighted by molar-refractivity contribution is -0.128. The Morgan fingerprint density at radius 3 is 2.35 bits per heavy atom. The van der Waals surface area contributed by atoms with Gasteiger partial charge in [-0.15, -0.1) is 0 Å². The van der Waals surface area contributed by atoms with E-state index in [-0.39, 0.29) is 29.3 Å². The van der Waals surface area contributed by atoms with E-state index < -0.39 is 0 Å². The summed E-state index contributed by atoms with van der Waals surface area (Å²) in [4.78, 5) is 27.9. The lowest BCUT2D eigenvalue weighted by Crippen LogP contribution is -2.51. The molecule has 0 aromatic heterocycles. The van der Waals surface area contributed by atoms with Gasteiger partial charge in [-0.1, -0.05) is 38.2 Å². The van der Waals surface area contributed by atoms with Crippen LogP contribution in [0.25, 0.3) is 0 Å². The van der Waals surface area contributed by atoms with Crippen molar-refractivity contribution in [2.24, 2.45) is 5.92 Å². The minimum absolute atomic E-state index is 0.0847. The molecule has 186 valence electrons. The van der Waals surface area contributed by atoms with E-state index in [1.807, 2.05) is 6.07 Å². The van der Waals surface area contributed by atoms with Crippen molar-refractivity contribution in [2.75, 3.05) is 32.8 Å². The molecule has 1 aromatic rings. The van der Waals surface area contributed by atoms with E-state index in [9.17, 15) is 9.59 Å². The number of likely N-dealkylation sites (tertiary alicyclic amines) is 1. The van der Waals surface area contributed by atoms with Crippen molar-refractivity contribution in [3.05, 3.63) is 23.8 Å². The summed E-state index contributed by atoms with van der Waals surface area (Å²) in [6.45, 7) is 3.25. The molecule has 0 spiro atoms. The lowest BCUT2D eigenvalue weighted by Gasteiger charge is -2.35. The fourth-order valence-electron chi connectivity index (χ4n) is 6.23. The van der Waals surface area contributed by atoms with Gasteiger partial charge in [-0.3, -0.25) is 14.5 Å². The van der Waals surface area contributed by atoms with E-state index in [4.69, 9.17) is 9.47 Å². The van der Waals surface area contributed by atoms with Gasteiger partial charge >= 0.3 is 0 Å². The Bertz CT molecular complexity index is 869. The van der Waals surface area contributed by atoms with Crippen molar-refractivity contribution in [1.29, 1.82) is 0 Å². The molecule has 0 radical (unpaired) electrons. The standard InChI is InChI=1S/C27H39N3O4/c31-25(19-30-14-10-22(11-15-30)28-26(32)20-6-2-1-3-7-20)29-27(12-4-5-13-27)21-8-9-23-24(18-21)34-17-16-33-23/h8-9,18,20,22H,1-7,10-17,19H2,(H,28,32)(H,29,31). The number of rotatable bonds is 6. The maximum Gasteiger partial charge on any atom is 0.234 e. The number of fused-ring (bicyclic) bond motifs is 1. The monoisotopic (exact) mass is 469 g/mol. The summed E-state index contributed by atoms with van der Waals surface area (Å²) in [5, 5.41) is 6.69. The number of ether oxygens (including phenoxy) is 2. The van der Waals surface area contributed by atoms with Gasteiger partial charge in [0, 0.05) is 25.0 Å². The van der Waals surface area contributed by atoms with E-state index in [0.29, 0.717) is 19.8 Å². The van der Waals surface area contributed by atoms with Gasteiger partial charge in [0.25, 0.3) is 0 Å². The maximum atomic E-state index is 13.1. The molecule has 5 rings (SSSR count). The third-order valence-electron chi connectivity index (χ3n) is 8.21. The molecule has 4 aliphatic rings. The molecule has 34 heavy (non-hydrogen) atoms. The number of piperidine rings is 1. The highest BCUT2D eigenvalue weighted by molar-refractivity contribution is 5.80. The van der Waals surface area contributed by atoms with E-state index >= 15 is 0 Å². The highest BCUT2D eigenvalue weighted by Gasteiger charge is 2.38. The Morgan fingerprint density at radius 1 is 0.912 bits per heavy atom. The van der Waals surface area contributed by atoms with E-state index in [2.05, 4.69) is 27.7 Å². The molecule has 2 N–H and O–H groups in total. The van der Waals surface area contributed by atoms with Crippen molar-refractivity contribution in [1.82, 2.24) is 15.5 Å². The molecule has 1 aromatic carbocycles. The summed E-state index contributed by atoms with van der Waals surface area (Å²) in [6, 6.07) is 6.36. The van der Waals surface area contributed by atoms with E-state index in [0.717, 1.165) is 81.5 Å². The van der Waals surface area contributed by atoms with Gasteiger partial charge in [0.1, 0.15) is 13.2 Å². The fraction of sp³-hybridized carbons (Fsp3) is 0.704. The summed E-state index contributed by atoms with van der Waals surface area (Å²) < 4.78 is 11.5. The quantitative estimate of drug-likeness (QED) is 0.667. The van der Waals surface area contributed by atoms with Crippen LogP contribution in [-0.2, 0) is 15.1 Å². The molecule has 7 heteroatoms.